The predicted octanol–water partition coefficient (Wildman–Crippen LogP) is 14.5. The van der Waals surface area contributed by atoms with Crippen molar-refractivity contribution in [2.75, 3.05) is 258 Å². The molecule has 130 heavy (non-hydrogen) atoms. The molecule has 1 rings (SSSR count). The molecular formula is C100H160N2O28. The second kappa shape index (κ2) is 77.9. The van der Waals surface area contributed by atoms with E-state index in [9.17, 15) is 28.8 Å². The van der Waals surface area contributed by atoms with E-state index in [-0.39, 0.29) is 149 Å². The van der Waals surface area contributed by atoms with Gasteiger partial charge in [-0.2, -0.15) is 0 Å². The lowest BCUT2D eigenvalue weighted by Gasteiger charge is -2.46. The van der Waals surface area contributed by atoms with Crippen LogP contribution in [0.15, 0.2) is 215 Å². The van der Waals surface area contributed by atoms with Gasteiger partial charge in [-0.3, -0.25) is 9.59 Å². The van der Waals surface area contributed by atoms with Crippen LogP contribution in [0.25, 0.3) is 0 Å². The molecule has 0 aromatic heterocycles. The first kappa shape index (κ1) is 123. The van der Waals surface area contributed by atoms with Crippen molar-refractivity contribution in [2.45, 2.75) is 85.6 Å². The summed E-state index contributed by atoms with van der Waals surface area (Å²) in [5, 5.41) is 6.07. The number of ether oxygens (including phenoxy) is 22. The fourth-order valence-corrected chi connectivity index (χ4v) is 13.0. The number of nitrogens with one attached hydrogen (secondary N) is 2. The number of carbonyl (C=O) groups excluding carboxylic acids is 6. The minimum Gasteiger partial charge on any atom is -0.465 e. The van der Waals surface area contributed by atoms with E-state index in [0.29, 0.717) is 158 Å². The molecule has 1 saturated carbocycles. The van der Waals surface area contributed by atoms with Crippen molar-refractivity contribution in [3.63, 3.8) is 0 Å². The molecule has 0 saturated heterocycles. The van der Waals surface area contributed by atoms with Crippen LogP contribution in [0.4, 0.5) is 9.59 Å². The van der Waals surface area contributed by atoms with E-state index in [1.165, 1.54) is 0 Å². The van der Waals surface area contributed by atoms with E-state index in [1.807, 2.05) is 13.8 Å². The van der Waals surface area contributed by atoms with Gasteiger partial charge in [0.25, 0.3) is 0 Å². The van der Waals surface area contributed by atoms with Crippen LogP contribution in [0.5, 0.6) is 0 Å². The fourth-order valence-electron chi connectivity index (χ4n) is 13.0. The summed E-state index contributed by atoms with van der Waals surface area (Å²) in [7, 11) is 0. The minimum absolute atomic E-state index is 0.0443. The molecule has 0 radical (unpaired) electrons. The third-order valence-corrected chi connectivity index (χ3v) is 19.3. The van der Waals surface area contributed by atoms with Gasteiger partial charge >= 0.3 is 36.1 Å². The summed E-state index contributed by atoms with van der Waals surface area (Å²) >= 11 is 0. The van der Waals surface area contributed by atoms with Crippen molar-refractivity contribution < 1.29 is 133 Å². The van der Waals surface area contributed by atoms with Crippen molar-refractivity contribution in [1.82, 2.24) is 10.6 Å². The molecule has 2 atom stereocenters. The van der Waals surface area contributed by atoms with Crippen molar-refractivity contribution >= 4 is 36.1 Å². The second-order valence-electron chi connectivity index (χ2n) is 32.8. The topological polar surface area (TPSA) is 330 Å². The zero-order chi connectivity index (χ0) is 97.3. The zero-order valence-electron chi connectivity index (χ0n) is 79.2. The summed E-state index contributed by atoms with van der Waals surface area (Å²) < 4.78 is 124. The Labute approximate surface area is 777 Å². The van der Waals surface area contributed by atoms with Gasteiger partial charge in [0.15, 0.2) is 0 Å². The Hall–Kier alpha value is -8.64. The van der Waals surface area contributed by atoms with Gasteiger partial charge < -0.3 is 115 Å². The first-order valence-corrected chi connectivity index (χ1v) is 43.7. The maximum absolute atomic E-state index is 13.0. The Balaban J connectivity index is 0. The molecule has 0 spiro atoms. The molecule has 0 aliphatic heterocycles. The Kier molecular flexibility index (Phi) is 74.0. The number of amides is 2. The molecule has 30 nitrogen and oxygen atoms in total. The summed E-state index contributed by atoms with van der Waals surface area (Å²) in [6, 6.07) is -0.124. The van der Waals surface area contributed by atoms with Gasteiger partial charge in [0.1, 0.15) is 39.6 Å². The van der Waals surface area contributed by atoms with Crippen LogP contribution in [0.2, 0.25) is 0 Å². The van der Waals surface area contributed by atoms with Gasteiger partial charge in [-0.15, -0.1) is 105 Å². The molecule has 2 unspecified atom stereocenters. The SMILES string of the molecule is C=CCOCC(CC)(COCC=C)COC(=O)NCC1(C)CC(NC(=O)OCC(CC)(COCC=C)COCC=C)CC(C)(C)C1.C=CCOCC(COCC=C)(COCC=C)COC(=O)/C=C/C(=O)OCC(COCC=C)(COCC=C)COCC=C.C=CCOCC(COCC=C)(COCC=C)COC(=O)CCC(=O)OCC(COCC=C)(COCC=C)COCC=C. The number of hydrogen-bond acceptors (Lipinski definition) is 28. The van der Waals surface area contributed by atoms with Gasteiger partial charge in [0.05, 0.1) is 257 Å². The van der Waals surface area contributed by atoms with E-state index in [1.54, 1.807) is 97.2 Å². The lowest BCUT2D eigenvalue weighted by Crippen LogP contribution is -2.51. The standard InChI is InChI=1S/C36H62N2O8.C32H50O10.C32H48O10/c1-10-16-41-24-35(14-5,25-42-17-11-2)28-45-31(39)37-23-34(9)21-30(20-33(7,8)22-34)38-32(40)46-29-36(15-6,26-43-18-12-3)27-44-19-13-4;2*1-7-15-35-21-31(22-36-16-8-2,23-37-17-9-3)27-41-29(33)13-14-30(34)42-28-32(24-38-18-10-4,25-39-19-11-5)26-40-20-12-6/h10-13,30H,1-4,14-29H2,5-9H3,(H,37,39)(H,38,40);7-12H,1-6,13-28H2;7-14H,1-6,15-28H2/b;;14-13+. The molecule has 0 aromatic rings. The van der Waals surface area contributed by atoms with Crippen LogP contribution < -0.4 is 10.6 Å². The van der Waals surface area contributed by atoms with Crippen LogP contribution >= 0.6 is 0 Å². The molecule has 30 heteroatoms. The molecule has 0 aromatic carbocycles. The summed E-state index contributed by atoms with van der Waals surface area (Å²) in [6.07, 6.45) is 30.5. The quantitative estimate of drug-likeness (QED) is 0.0188. The monoisotopic (exact) mass is 1840 g/mol. The maximum atomic E-state index is 13.0. The third-order valence-electron chi connectivity index (χ3n) is 19.3. The fraction of sp³-hybridized carbons (Fsp3) is 0.600. The predicted molar refractivity (Wildman–Crippen MR) is 507 cm³/mol. The van der Waals surface area contributed by atoms with E-state index < -0.39 is 68.6 Å². The number of rotatable bonds is 86. The Morgan fingerprint density at radius 1 is 0.277 bits per heavy atom. The summed E-state index contributed by atoms with van der Waals surface area (Å²) in [6.45, 7) is 78.5. The van der Waals surface area contributed by atoms with E-state index >= 15 is 0 Å². The lowest BCUT2D eigenvalue weighted by atomic mass is 9.62. The van der Waals surface area contributed by atoms with Gasteiger partial charge in [-0.1, -0.05) is 132 Å². The van der Waals surface area contributed by atoms with Gasteiger partial charge in [-0.05, 0) is 42.9 Å². The first-order chi connectivity index (χ1) is 62.6. The van der Waals surface area contributed by atoms with E-state index in [0.717, 1.165) is 25.0 Å². The van der Waals surface area contributed by atoms with Crippen LogP contribution in [0, 0.1) is 43.3 Å². The summed E-state index contributed by atoms with van der Waals surface area (Å²) in [5.74, 6) is -2.65. The van der Waals surface area contributed by atoms with Crippen molar-refractivity contribution in [2.24, 2.45) is 43.3 Å². The molecule has 1 fully saturated rings. The second-order valence-corrected chi connectivity index (χ2v) is 32.8. The Bertz CT molecular complexity index is 2970. The number of hydrogen-bond donors (Lipinski definition) is 2. The third kappa shape index (κ3) is 61.2. The average Bonchev–Trinajstić information content (AvgIpc) is 0.793. The zero-order valence-corrected chi connectivity index (χ0v) is 79.2. The van der Waals surface area contributed by atoms with Crippen LogP contribution in [-0.4, -0.2) is 300 Å². The smallest absolute Gasteiger partial charge is 0.407 e. The molecule has 1 aliphatic rings. The van der Waals surface area contributed by atoms with Crippen LogP contribution in [-0.2, 0) is 123 Å². The summed E-state index contributed by atoms with van der Waals surface area (Å²) in [4.78, 5) is 76.3. The molecule has 2 amide bonds. The molecular weight excluding hydrogens is 1680 g/mol. The molecule has 1 aliphatic carbocycles. The first-order valence-electron chi connectivity index (χ1n) is 43.7. The molecule has 2 N–H and O–H groups in total. The van der Waals surface area contributed by atoms with Gasteiger partial charge in [-0.25, -0.2) is 19.2 Å². The van der Waals surface area contributed by atoms with E-state index in [4.69, 9.17) is 104 Å². The molecule has 738 valence electrons. The highest BCUT2D eigenvalue weighted by Gasteiger charge is 2.44. The van der Waals surface area contributed by atoms with Gasteiger partial charge in [0.2, 0.25) is 0 Å². The largest absolute Gasteiger partial charge is 0.465 e. The molecule has 0 bridgehead atoms. The normalized spacial score (nSPS) is 14.3. The number of carbonyl (C=O) groups is 6. The van der Waals surface area contributed by atoms with Crippen molar-refractivity contribution in [3.8, 4) is 0 Å². The lowest BCUT2D eigenvalue weighted by molar-refractivity contribution is -0.161. The van der Waals surface area contributed by atoms with Crippen molar-refractivity contribution in [1.29, 1.82) is 0 Å². The highest BCUT2D eigenvalue weighted by molar-refractivity contribution is 5.91. The number of alkyl carbamates (subject to hydrolysis) is 2. The summed E-state index contributed by atoms with van der Waals surface area (Å²) in [5.41, 5.74) is -4.52. The van der Waals surface area contributed by atoms with Gasteiger partial charge in [0, 0.05) is 24.7 Å². The van der Waals surface area contributed by atoms with Crippen molar-refractivity contribution in [3.05, 3.63) is 215 Å². The molecule has 0 heterocycles. The Morgan fingerprint density at radius 3 is 0.692 bits per heavy atom. The maximum Gasteiger partial charge on any atom is 0.407 e. The number of esters is 4. The highest BCUT2D eigenvalue weighted by Crippen LogP contribution is 2.46. The van der Waals surface area contributed by atoms with E-state index in [2.05, 4.69) is 137 Å². The minimum atomic E-state index is -0.818. The van der Waals surface area contributed by atoms with Crippen LogP contribution in [0.1, 0.15) is 79.6 Å². The van der Waals surface area contributed by atoms with Crippen LogP contribution in [0.3, 0.4) is 0 Å². The highest BCUT2D eigenvalue weighted by atomic mass is 16.6. The average molecular weight is 1840 g/mol. The Morgan fingerprint density at radius 2 is 0.477 bits per heavy atom.